The highest BCUT2D eigenvalue weighted by Gasteiger charge is 2.24. The molecule has 2 aromatic carbocycles. The largest absolute Gasteiger partial charge is 0.494 e. The van der Waals surface area contributed by atoms with Crippen LogP contribution in [0.25, 0.3) is 10.9 Å². The summed E-state index contributed by atoms with van der Waals surface area (Å²) in [7, 11) is 1.43. The van der Waals surface area contributed by atoms with Crippen molar-refractivity contribution in [3.8, 4) is 5.75 Å². The number of amides is 1. The molecule has 1 aliphatic rings. The molecule has 0 aliphatic carbocycles. The van der Waals surface area contributed by atoms with Crippen LogP contribution >= 0.6 is 0 Å². The van der Waals surface area contributed by atoms with Gasteiger partial charge in [0.2, 0.25) is 0 Å². The van der Waals surface area contributed by atoms with Crippen LogP contribution in [-0.4, -0.2) is 47.0 Å². The summed E-state index contributed by atoms with van der Waals surface area (Å²) >= 11 is 0. The maximum absolute atomic E-state index is 13.9. The molecular weight excluding hydrogens is 371 g/mol. The van der Waals surface area contributed by atoms with Gasteiger partial charge in [0.25, 0.3) is 5.91 Å². The minimum absolute atomic E-state index is 0.0659. The predicted octanol–water partition coefficient (Wildman–Crippen LogP) is 3.80. The van der Waals surface area contributed by atoms with Gasteiger partial charge < -0.3 is 15.0 Å². The van der Waals surface area contributed by atoms with Crippen molar-refractivity contribution in [2.24, 2.45) is 0 Å². The number of methoxy groups -OCH3 is 1. The summed E-state index contributed by atoms with van der Waals surface area (Å²) in [6.07, 6.45) is 3.04. The lowest BCUT2D eigenvalue weighted by atomic mass is 10.0. The third-order valence-electron chi connectivity index (χ3n) is 5.33. The Labute approximate surface area is 168 Å². The summed E-state index contributed by atoms with van der Waals surface area (Å²) in [5.74, 6) is 0.425. The Kier molecular flexibility index (Phi) is 5.29. The molecule has 29 heavy (non-hydrogen) atoms. The van der Waals surface area contributed by atoms with Crippen LogP contribution in [0.1, 0.15) is 28.8 Å². The second-order valence-electron chi connectivity index (χ2n) is 7.30. The van der Waals surface area contributed by atoms with Crippen molar-refractivity contribution in [3.05, 3.63) is 59.7 Å². The number of hydrogen-bond acceptors (Lipinski definition) is 5. The van der Waals surface area contributed by atoms with Crippen LogP contribution in [0, 0.1) is 12.7 Å². The van der Waals surface area contributed by atoms with Crippen molar-refractivity contribution in [2.75, 3.05) is 25.5 Å². The zero-order valence-electron chi connectivity index (χ0n) is 16.5. The van der Waals surface area contributed by atoms with E-state index in [1.54, 1.807) is 6.07 Å². The van der Waals surface area contributed by atoms with Crippen molar-refractivity contribution in [1.82, 2.24) is 14.9 Å². The second-order valence-corrected chi connectivity index (χ2v) is 7.30. The van der Waals surface area contributed by atoms with E-state index in [-0.39, 0.29) is 17.7 Å². The van der Waals surface area contributed by atoms with Gasteiger partial charge in [-0.25, -0.2) is 14.4 Å². The zero-order valence-corrected chi connectivity index (χ0v) is 16.5. The molecule has 3 aromatic rings. The Morgan fingerprint density at radius 1 is 1.17 bits per heavy atom. The lowest BCUT2D eigenvalue weighted by Gasteiger charge is -2.33. The maximum Gasteiger partial charge on any atom is 0.253 e. The van der Waals surface area contributed by atoms with E-state index in [2.05, 4.69) is 15.3 Å². The summed E-state index contributed by atoms with van der Waals surface area (Å²) in [6, 6.07) is 10.8. The molecule has 0 atom stereocenters. The van der Waals surface area contributed by atoms with Crippen molar-refractivity contribution in [1.29, 1.82) is 0 Å². The van der Waals surface area contributed by atoms with Gasteiger partial charge in [0.1, 0.15) is 12.1 Å². The number of rotatable bonds is 4. The van der Waals surface area contributed by atoms with E-state index < -0.39 is 5.82 Å². The fraction of sp³-hybridized carbons (Fsp3) is 0.318. The number of carbonyl (C=O) groups excluding carboxylic acids is 1. The van der Waals surface area contributed by atoms with Crippen LogP contribution in [0.4, 0.5) is 10.2 Å². The van der Waals surface area contributed by atoms with E-state index >= 15 is 0 Å². The first-order valence-corrected chi connectivity index (χ1v) is 9.66. The summed E-state index contributed by atoms with van der Waals surface area (Å²) < 4.78 is 19.0. The normalized spacial score (nSPS) is 14.8. The molecule has 2 heterocycles. The maximum atomic E-state index is 13.9. The molecule has 1 amide bonds. The molecule has 0 saturated carbocycles. The Morgan fingerprint density at radius 2 is 1.90 bits per heavy atom. The molecule has 1 N–H and O–H groups in total. The van der Waals surface area contributed by atoms with Gasteiger partial charge >= 0.3 is 0 Å². The third kappa shape index (κ3) is 3.99. The first-order chi connectivity index (χ1) is 14.0. The summed E-state index contributed by atoms with van der Waals surface area (Å²) in [6.45, 7) is 3.35. The topological polar surface area (TPSA) is 67.3 Å². The number of anilines is 1. The monoisotopic (exact) mass is 394 g/mol. The third-order valence-corrected chi connectivity index (χ3v) is 5.33. The number of carbonyl (C=O) groups is 1. The average molecular weight is 394 g/mol. The number of fused-ring (bicyclic) bond motifs is 1. The van der Waals surface area contributed by atoms with Crippen LogP contribution in [-0.2, 0) is 0 Å². The Balaban J connectivity index is 1.44. The minimum atomic E-state index is -0.451. The Morgan fingerprint density at radius 3 is 2.59 bits per heavy atom. The van der Waals surface area contributed by atoms with Crippen LogP contribution in [0.5, 0.6) is 5.75 Å². The number of benzene rings is 2. The molecule has 4 rings (SSSR count). The zero-order chi connectivity index (χ0) is 20.4. The van der Waals surface area contributed by atoms with Gasteiger partial charge in [0, 0.05) is 36.1 Å². The number of nitrogens with zero attached hydrogens (tertiary/aromatic N) is 3. The first-order valence-electron chi connectivity index (χ1n) is 9.66. The number of aromatic nitrogens is 2. The highest BCUT2D eigenvalue weighted by Crippen LogP contribution is 2.28. The predicted molar refractivity (Wildman–Crippen MR) is 110 cm³/mol. The van der Waals surface area contributed by atoms with E-state index in [0.717, 1.165) is 24.0 Å². The van der Waals surface area contributed by atoms with E-state index in [4.69, 9.17) is 4.74 Å². The summed E-state index contributed by atoms with van der Waals surface area (Å²) in [5.41, 5.74) is 2.38. The van der Waals surface area contributed by atoms with E-state index in [1.165, 1.54) is 19.5 Å². The SMILES string of the molecule is COc1cc2c(NC3CCN(C(=O)c4ccc(C)cc4)CC3)ncnc2cc1F. The molecule has 150 valence electrons. The molecule has 1 fully saturated rings. The van der Waals surface area contributed by atoms with Gasteiger partial charge in [0.15, 0.2) is 11.6 Å². The molecule has 1 aromatic heterocycles. The lowest BCUT2D eigenvalue weighted by Crippen LogP contribution is -2.42. The van der Waals surface area contributed by atoms with Crippen molar-refractivity contribution in [3.63, 3.8) is 0 Å². The molecule has 1 aliphatic heterocycles. The number of nitrogens with one attached hydrogen (secondary N) is 1. The standard InChI is InChI=1S/C22H23FN4O2/c1-14-3-5-15(6-4-14)22(28)27-9-7-16(8-10-27)26-21-17-11-20(29-2)18(23)12-19(17)24-13-25-21/h3-6,11-13,16H,7-10H2,1-2H3,(H,24,25,26). The van der Waals surface area contributed by atoms with Gasteiger partial charge in [-0.3, -0.25) is 4.79 Å². The smallest absolute Gasteiger partial charge is 0.253 e. The number of hydrogen-bond donors (Lipinski definition) is 1. The van der Waals surface area contributed by atoms with Crippen LogP contribution < -0.4 is 10.1 Å². The molecular formula is C22H23FN4O2. The van der Waals surface area contributed by atoms with Gasteiger partial charge in [-0.1, -0.05) is 17.7 Å². The molecule has 0 unspecified atom stereocenters. The number of piperidine rings is 1. The van der Waals surface area contributed by atoms with Gasteiger partial charge in [-0.05, 0) is 38.0 Å². The molecule has 0 radical (unpaired) electrons. The minimum Gasteiger partial charge on any atom is -0.494 e. The highest BCUT2D eigenvalue weighted by molar-refractivity contribution is 5.94. The van der Waals surface area contributed by atoms with Gasteiger partial charge in [-0.2, -0.15) is 0 Å². The fourth-order valence-electron chi connectivity index (χ4n) is 3.63. The quantitative estimate of drug-likeness (QED) is 0.729. The van der Waals surface area contributed by atoms with E-state index in [0.29, 0.717) is 29.8 Å². The van der Waals surface area contributed by atoms with E-state index in [1.807, 2.05) is 36.1 Å². The number of halogens is 1. The summed E-state index contributed by atoms with van der Waals surface area (Å²) in [4.78, 5) is 23.1. The van der Waals surface area contributed by atoms with Gasteiger partial charge in [-0.15, -0.1) is 0 Å². The molecule has 6 nitrogen and oxygen atoms in total. The Hall–Kier alpha value is -3.22. The van der Waals surface area contributed by atoms with Crippen LogP contribution in [0.2, 0.25) is 0 Å². The molecule has 0 bridgehead atoms. The molecule has 1 saturated heterocycles. The number of ether oxygens (including phenoxy) is 1. The van der Waals surface area contributed by atoms with Crippen molar-refractivity contribution < 1.29 is 13.9 Å². The van der Waals surface area contributed by atoms with Crippen molar-refractivity contribution in [2.45, 2.75) is 25.8 Å². The summed E-state index contributed by atoms with van der Waals surface area (Å²) in [5, 5.41) is 4.15. The second kappa shape index (κ2) is 8.03. The fourth-order valence-corrected chi connectivity index (χ4v) is 3.63. The van der Waals surface area contributed by atoms with Gasteiger partial charge in [0.05, 0.1) is 12.6 Å². The van der Waals surface area contributed by atoms with E-state index in [9.17, 15) is 9.18 Å². The average Bonchev–Trinajstić information content (AvgIpc) is 2.74. The number of likely N-dealkylation sites (tertiary alicyclic amines) is 1. The lowest BCUT2D eigenvalue weighted by molar-refractivity contribution is 0.0718. The molecule has 7 heteroatoms. The highest BCUT2D eigenvalue weighted by atomic mass is 19.1. The number of aryl methyl sites for hydroxylation is 1. The first kappa shape index (κ1) is 19.1. The molecule has 0 spiro atoms. The van der Waals surface area contributed by atoms with Crippen LogP contribution in [0.15, 0.2) is 42.7 Å². The van der Waals surface area contributed by atoms with Crippen LogP contribution in [0.3, 0.4) is 0 Å². The Bertz CT molecular complexity index is 1030. The van der Waals surface area contributed by atoms with Crippen molar-refractivity contribution >= 4 is 22.6 Å².